The van der Waals surface area contributed by atoms with Gasteiger partial charge in [-0.05, 0) is 53.9 Å². The highest BCUT2D eigenvalue weighted by molar-refractivity contribution is 9.10. The molecule has 1 aliphatic rings. The maximum Gasteiger partial charge on any atom is 0.146 e. The predicted octanol–water partition coefficient (Wildman–Crippen LogP) is 4.32. The van der Waals surface area contributed by atoms with Crippen LogP contribution in [-0.4, -0.2) is 6.04 Å². The van der Waals surface area contributed by atoms with Crippen molar-refractivity contribution in [3.05, 3.63) is 51.6 Å². The highest BCUT2D eigenvalue weighted by Gasteiger charge is 2.21. The van der Waals surface area contributed by atoms with Crippen LogP contribution in [0.5, 0.6) is 5.75 Å². The summed E-state index contributed by atoms with van der Waals surface area (Å²) in [5.41, 5.74) is 1.15. The maximum atomic E-state index is 13.2. The van der Waals surface area contributed by atoms with Crippen molar-refractivity contribution in [3.63, 3.8) is 0 Å². The third-order valence-electron chi connectivity index (χ3n) is 3.49. The minimum atomic E-state index is -0.321. The Morgan fingerprint density at radius 2 is 2.19 bits per heavy atom. The Kier molecular flexibility index (Phi) is 4.31. The van der Waals surface area contributed by atoms with Gasteiger partial charge in [-0.2, -0.15) is 0 Å². The lowest BCUT2D eigenvalue weighted by Crippen LogP contribution is -2.15. The molecule has 0 bridgehead atoms. The van der Waals surface area contributed by atoms with E-state index >= 15 is 0 Å². The second-order valence-corrected chi connectivity index (χ2v) is 6.17. The number of halogens is 2. The van der Waals surface area contributed by atoms with E-state index < -0.39 is 0 Å². The van der Waals surface area contributed by atoms with Gasteiger partial charge in [0.25, 0.3) is 0 Å². The summed E-state index contributed by atoms with van der Waals surface area (Å²) in [6, 6.07) is 7.04. The summed E-state index contributed by atoms with van der Waals surface area (Å²) >= 11 is 3.34. The molecular formula is C16H17BrFNO2. The van der Waals surface area contributed by atoms with Gasteiger partial charge in [0.05, 0.1) is 4.47 Å². The van der Waals surface area contributed by atoms with Crippen molar-refractivity contribution < 1.29 is 13.5 Å². The Labute approximate surface area is 131 Å². The van der Waals surface area contributed by atoms with Gasteiger partial charge in [-0.1, -0.05) is 0 Å². The summed E-state index contributed by atoms with van der Waals surface area (Å²) in [5, 5.41) is 3.46. The number of ether oxygens (including phenoxy) is 1. The van der Waals surface area contributed by atoms with Crippen molar-refractivity contribution in [2.24, 2.45) is 0 Å². The monoisotopic (exact) mass is 353 g/mol. The van der Waals surface area contributed by atoms with Gasteiger partial charge >= 0.3 is 0 Å². The summed E-state index contributed by atoms with van der Waals surface area (Å²) in [7, 11) is 0. The molecule has 1 N–H and O–H groups in total. The van der Waals surface area contributed by atoms with Crippen molar-refractivity contribution in [2.75, 3.05) is 0 Å². The number of hydrogen-bond acceptors (Lipinski definition) is 3. The van der Waals surface area contributed by atoms with Crippen LogP contribution in [0.3, 0.4) is 0 Å². The van der Waals surface area contributed by atoms with Crippen LogP contribution in [0.15, 0.2) is 33.2 Å². The van der Waals surface area contributed by atoms with Crippen molar-refractivity contribution in [1.82, 2.24) is 5.32 Å². The number of nitrogens with one attached hydrogen (secondary N) is 1. The Bertz CT molecular complexity index is 637. The molecule has 21 heavy (non-hydrogen) atoms. The first-order valence-electron chi connectivity index (χ1n) is 7.01. The summed E-state index contributed by atoms with van der Waals surface area (Å²) in [6.07, 6.45) is 2.53. The number of hydrogen-bond donors (Lipinski definition) is 1. The molecule has 0 radical (unpaired) electrons. The van der Waals surface area contributed by atoms with Gasteiger partial charge < -0.3 is 14.5 Å². The van der Waals surface area contributed by atoms with Gasteiger partial charge in [-0.15, -0.1) is 0 Å². The first kappa shape index (κ1) is 14.6. The molecule has 2 aromatic rings. The fourth-order valence-corrected chi connectivity index (χ4v) is 2.47. The van der Waals surface area contributed by atoms with E-state index in [9.17, 15) is 4.39 Å². The average Bonchev–Trinajstić information content (AvgIpc) is 3.21. The Balaban J connectivity index is 1.61. The van der Waals surface area contributed by atoms with Crippen LogP contribution in [-0.2, 0) is 13.2 Å². The second-order valence-electron chi connectivity index (χ2n) is 5.31. The molecule has 1 fully saturated rings. The molecule has 0 aliphatic heterocycles. The lowest BCUT2D eigenvalue weighted by Gasteiger charge is -2.06. The Morgan fingerprint density at radius 1 is 1.38 bits per heavy atom. The van der Waals surface area contributed by atoms with E-state index in [4.69, 9.17) is 9.15 Å². The van der Waals surface area contributed by atoms with Crippen LogP contribution in [0, 0.1) is 12.7 Å². The standard InChI is InChI=1S/C16H17BrFNO2/c1-10-11(8-19-13-3-4-13)6-14(21-10)9-20-16-7-12(18)2-5-15(16)17/h2,5-7,13,19H,3-4,8-9H2,1H3. The third-order valence-corrected chi connectivity index (χ3v) is 4.15. The molecule has 3 nitrogen and oxygen atoms in total. The van der Waals surface area contributed by atoms with E-state index in [1.807, 2.05) is 13.0 Å². The molecule has 1 heterocycles. The molecule has 0 amide bonds. The van der Waals surface area contributed by atoms with Gasteiger partial charge in [-0.25, -0.2) is 4.39 Å². The molecule has 0 saturated heterocycles. The minimum Gasteiger partial charge on any atom is -0.484 e. The molecule has 1 aliphatic carbocycles. The molecule has 1 aromatic heterocycles. The lowest BCUT2D eigenvalue weighted by molar-refractivity contribution is 0.265. The molecule has 5 heteroatoms. The van der Waals surface area contributed by atoms with Gasteiger partial charge in [0.1, 0.15) is 29.7 Å². The number of furan rings is 1. The fourth-order valence-electron chi connectivity index (χ4n) is 2.11. The van der Waals surface area contributed by atoms with Crippen LogP contribution in [0.25, 0.3) is 0 Å². The van der Waals surface area contributed by atoms with Gasteiger partial charge in [0, 0.05) is 24.2 Å². The second kappa shape index (κ2) is 6.20. The maximum absolute atomic E-state index is 13.2. The Morgan fingerprint density at radius 3 is 2.95 bits per heavy atom. The summed E-state index contributed by atoms with van der Waals surface area (Å²) in [6.45, 7) is 3.06. The number of rotatable bonds is 6. The van der Waals surface area contributed by atoms with Crippen molar-refractivity contribution in [2.45, 2.75) is 39.0 Å². The van der Waals surface area contributed by atoms with Gasteiger partial charge in [0.2, 0.25) is 0 Å². The predicted molar refractivity (Wildman–Crippen MR) is 81.7 cm³/mol. The van der Waals surface area contributed by atoms with E-state index in [0.717, 1.165) is 28.1 Å². The highest BCUT2D eigenvalue weighted by atomic mass is 79.9. The van der Waals surface area contributed by atoms with Crippen molar-refractivity contribution in [3.8, 4) is 5.75 Å². The number of aryl methyl sites for hydroxylation is 1. The molecule has 0 atom stereocenters. The molecular weight excluding hydrogens is 337 g/mol. The van der Waals surface area contributed by atoms with Gasteiger partial charge in [0.15, 0.2) is 0 Å². The summed E-state index contributed by atoms with van der Waals surface area (Å²) in [5.74, 6) is 1.80. The molecule has 1 saturated carbocycles. The zero-order valence-electron chi connectivity index (χ0n) is 11.8. The van der Waals surface area contributed by atoms with Crippen molar-refractivity contribution in [1.29, 1.82) is 0 Å². The van der Waals surface area contributed by atoms with E-state index in [1.165, 1.54) is 25.0 Å². The lowest BCUT2D eigenvalue weighted by atomic mass is 10.2. The van der Waals surface area contributed by atoms with Crippen LogP contribution < -0.4 is 10.1 Å². The van der Waals surface area contributed by atoms with Crippen LogP contribution in [0.2, 0.25) is 0 Å². The van der Waals surface area contributed by atoms with Crippen LogP contribution in [0.4, 0.5) is 4.39 Å². The van der Waals surface area contributed by atoms with Crippen LogP contribution in [0.1, 0.15) is 29.9 Å². The van der Waals surface area contributed by atoms with E-state index in [0.29, 0.717) is 11.8 Å². The smallest absolute Gasteiger partial charge is 0.146 e. The topological polar surface area (TPSA) is 34.4 Å². The molecule has 1 aromatic carbocycles. The zero-order chi connectivity index (χ0) is 14.8. The van der Waals surface area contributed by atoms with E-state index in [-0.39, 0.29) is 12.4 Å². The Hall–Kier alpha value is -1.33. The SMILES string of the molecule is Cc1oc(COc2cc(F)ccc2Br)cc1CNC1CC1. The molecule has 112 valence electrons. The molecule has 0 spiro atoms. The quantitative estimate of drug-likeness (QED) is 0.839. The van der Waals surface area contributed by atoms with Crippen LogP contribution >= 0.6 is 15.9 Å². The highest BCUT2D eigenvalue weighted by Crippen LogP contribution is 2.27. The van der Waals surface area contributed by atoms with E-state index in [1.54, 1.807) is 6.07 Å². The molecule has 0 unspecified atom stereocenters. The summed E-state index contributed by atoms with van der Waals surface area (Å²) in [4.78, 5) is 0. The van der Waals surface area contributed by atoms with Crippen molar-refractivity contribution >= 4 is 15.9 Å². The van der Waals surface area contributed by atoms with E-state index in [2.05, 4.69) is 21.2 Å². The third kappa shape index (κ3) is 3.86. The zero-order valence-corrected chi connectivity index (χ0v) is 13.4. The van der Waals surface area contributed by atoms with Gasteiger partial charge in [-0.3, -0.25) is 0 Å². The average molecular weight is 354 g/mol. The minimum absolute atomic E-state index is 0.284. The fraction of sp³-hybridized carbons (Fsp3) is 0.375. The summed E-state index contributed by atoms with van der Waals surface area (Å²) < 4.78 is 25.2. The number of benzene rings is 1. The first-order valence-corrected chi connectivity index (χ1v) is 7.80. The largest absolute Gasteiger partial charge is 0.484 e. The molecule has 3 rings (SSSR count). The first-order chi connectivity index (χ1) is 10.1. The normalized spacial score (nSPS) is 14.4.